The first-order valence-corrected chi connectivity index (χ1v) is 9.04. The number of amides is 1. The number of carbonyl (C=O) groups is 2. The van der Waals surface area contributed by atoms with Crippen molar-refractivity contribution in [1.82, 2.24) is 10.2 Å². The van der Waals surface area contributed by atoms with Crippen LogP contribution in [-0.4, -0.2) is 47.7 Å². The van der Waals surface area contributed by atoms with Gasteiger partial charge in [0.2, 0.25) is 0 Å². The highest BCUT2D eigenvalue weighted by Gasteiger charge is 2.29. The largest absolute Gasteiger partial charge is 0.508 e. The van der Waals surface area contributed by atoms with E-state index in [2.05, 4.69) is 5.32 Å². The predicted octanol–water partition coefficient (Wildman–Crippen LogP) is 3.06. The zero-order valence-corrected chi connectivity index (χ0v) is 18.2. The molecular weight excluding hydrogens is 438 g/mol. The number of aromatic hydroxyl groups is 1. The molecule has 3 rings (SSSR count). The monoisotopic (exact) mass is 461 g/mol. The molecule has 2 aromatic rings. The van der Waals surface area contributed by atoms with Crippen molar-refractivity contribution in [3.05, 3.63) is 58.1 Å². The third-order valence-electron chi connectivity index (χ3n) is 4.76. The molecule has 2 aromatic carbocycles. The maximum Gasteiger partial charge on any atom is 0.254 e. The van der Waals surface area contributed by atoms with E-state index in [9.17, 15) is 14.7 Å². The number of benzene rings is 2. The average Bonchev–Trinajstić information content (AvgIpc) is 2.97. The highest BCUT2D eigenvalue weighted by atomic mass is 79.9. The van der Waals surface area contributed by atoms with Crippen molar-refractivity contribution in [3.63, 3.8) is 0 Å². The van der Waals surface area contributed by atoms with Crippen LogP contribution in [0.1, 0.15) is 44.3 Å². The van der Waals surface area contributed by atoms with Crippen LogP contribution in [0.4, 0.5) is 0 Å². The van der Waals surface area contributed by atoms with Crippen molar-refractivity contribution in [2.24, 2.45) is 0 Å². The van der Waals surface area contributed by atoms with Gasteiger partial charge in [-0.2, -0.15) is 0 Å². The van der Waals surface area contributed by atoms with Crippen LogP contribution in [0, 0.1) is 12.3 Å². The van der Waals surface area contributed by atoms with E-state index in [0.29, 0.717) is 41.2 Å². The number of Topliss-reactive ketones (excluding diaryl/α,β-unsaturated/α-hetero) is 1. The number of halogens is 1. The van der Waals surface area contributed by atoms with E-state index in [-0.39, 0.29) is 46.8 Å². The normalized spacial score (nSPS) is 12.2. The molecule has 0 saturated carbocycles. The zero-order chi connectivity index (χ0) is 20.4. The van der Waals surface area contributed by atoms with Gasteiger partial charge in [-0.1, -0.05) is 0 Å². The number of nitrogens with zero attached hydrogens (tertiary/aromatic N) is 1. The van der Waals surface area contributed by atoms with Crippen LogP contribution in [-0.2, 0) is 6.54 Å². The van der Waals surface area contributed by atoms with Gasteiger partial charge in [-0.3, -0.25) is 15.0 Å². The van der Waals surface area contributed by atoms with E-state index in [1.165, 1.54) is 6.07 Å². The summed E-state index contributed by atoms with van der Waals surface area (Å²) in [7, 11) is 1.54. The molecule has 1 aliphatic heterocycles. The van der Waals surface area contributed by atoms with Crippen LogP contribution in [0.15, 0.2) is 30.3 Å². The van der Waals surface area contributed by atoms with Crippen molar-refractivity contribution in [1.29, 1.82) is 5.41 Å². The molecule has 7 nitrogen and oxygen atoms in total. The molecule has 3 N–H and O–H groups in total. The first-order valence-electron chi connectivity index (χ1n) is 9.04. The highest BCUT2D eigenvalue weighted by Crippen LogP contribution is 2.31. The van der Waals surface area contributed by atoms with Crippen LogP contribution < -0.4 is 10.1 Å². The number of aryl methyl sites for hydroxylation is 1. The molecule has 0 fully saturated rings. The summed E-state index contributed by atoms with van der Waals surface area (Å²) < 4.78 is 5.59. The van der Waals surface area contributed by atoms with E-state index in [4.69, 9.17) is 10.1 Å². The Kier molecular flexibility index (Phi) is 7.02. The van der Waals surface area contributed by atoms with Gasteiger partial charge in [0, 0.05) is 24.7 Å². The molecule has 0 atom stereocenters. The SMILES string of the molecule is Br.CCOc1cc2c(cc1C(=O)NC)C(=N)N(CC(=O)c1ccc(O)c(C)c1)C2. The first kappa shape index (κ1) is 22.4. The number of rotatable bonds is 6. The summed E-state index contributed by atoms with van der Waals surface area (Å²) in [5, 5.41) is 20.7. The summed E-state index contributed by atoms with van der Waals surface area (Å²) in [4.78, 5) is 26.5. The number of phenols is 1. The standard InChI is InChI=1S/C21H23N3O4.BrH/c1-4-28-19-8-14-10-24(20(22)15(14)9-16(19)21(27)23-3)11-18(26)13-5-6-17(25)12(2)7-13;/h5-9,22,25H,4,10-11H2,1-3H3,(H,23,27);1H. The average molecular weight is 462 g/mol. The fourth-order valence-corrected chi connectivity index (χ4v) is 3.24. The Labute approximate surface area is 180 Å². The number of fused-ring (bicyclic) bond motifs is 1. The second kappa shape index (κ2) is 9.09. The lowest BCUT2D eigenvalue weighted by Crippen LogP contribution is -2.30. The lowest BCUT2D eigenvalue weighted by Gasteiger charge is -2.17. The maximum atomic E-state index is 12.6. The molecule has 0 saturated heterocycles. The quantitative estimate of drug-likeness (QED) is 0.573. The third-order valence-corrected chi connectivity index (χ3v) is 4.76. The molecule has 1 amide bonds. The van der Waals surface area contributed by atoms with Crippen LogP contribution in [0.5, 0.6) is 11.5 Å². The molecule has 1 aliphatic rings. The van der Waals surface area contributed by atoms with Gasteiger partial charge in [-0.15, -0.1) is 17.0 Å². The van der Waals surface area contributed by atoms with Crippen LogP contribution >= 0.6 is 17.0 Å². The summed E-state index contributed by atoms with van der Waals surface area (Å²) >= 11 is 0. The number of ether oxygens (including phenoxy) is 1. The van der Waals surface area contributed by atoms with Crippen LogP contribution in [0.25, 0.3) is 0 Å². The van der Waals surface area contributed by atoms with Crippen molar-refractivity contribution in [2.75, 3.05) is 20.2 Å². The summed E-state index contributed by atoms with van der Waals surface area (Å²) in [5.41, 5.74) is 2.95. The minimum atomic E-state index is -0.284. The Hall–Kier alpha value is -2.87. The molecule has 1 heterocycles. The Bertz CT molecular complexity index is 975. The predicted molar refractivity (Wildman–Crippen MR) is 116 cm³/mol. The molecule has 0 unspecified atom stereocenters. The number of hydrogen-bond acceptors (Lipinski definition) is 5. The number of carbonyl (C=O) groups excluding carboxylic acids is 2. The molecule has 154 valence electrons. The lowest BCUT2D eigenvalue weighted by molar-refractivity contribution is 0.0953. The van der Waals surface area contributed by atoms with Crippen molar-refractivity contribution in [3.8, 4) is 11.5 Å². The van der Waals surface area contributed by atoms with Crippen LogP contribution in [0.2, 0.25) is 0 Å². The second-order valence-corrected chi connectivity index (χ2v) is 6.65. The Balaban J connectivity index is 0.00000300. The smallest absolute Gasteiger partial charge is 0.254 e. The fourth-order valence-electron chi connectivity index (χ4n) is 3.24. The molecule has 8 heteroatoms. The number of nitrogens with one attached hydrogen (secondary N) is 2. The topological polar surface area (TPSA) is 103 Å². The van der Waals surface area contributed by atoms with Crippen molar-refractivity contribution >= 4 is 34.5 Å². The van der Waals surface area contributed by atoms with Gasteiger partial charge in [0.1, 0.15) is 17.3 Å². The van der Waals surface area contributed by atoms with Gasteiger partial charge in [-0.25, -0.2) is 0 Å². The van der Waals surface area contributed by atoms with Crippen molar-refractivity contribution < 1.29 is 19.4 Å². The Morgan fingerprint density at radius 1 is 1.28 bits per heavy atom. The summed E-state index contributed by atoms with van der Waals surface area (Å²) in [5.74, 6) is 0.385. The van der Waals surface area contributed by atoms with E-state index in [1.807, 2.05) is 6.92 Å². The number of hydrogen-bond donors (Lipinski definition) is 3. The molecule has 0 radical (unpaired) electrons. The first-order chi connectivity index (χ1) is 13.3. The van der Waals surface area contributed by atoms with Gasteiger partial charge in [-0.05, 0) is 55.3 Å². The molecule has 29 heavy (non-hydrogen) atoms. The van der Waals surface area contributed by atoms with Gasteiger partial charge in [0.15, 0.2) is 5.78 Å². The third kappa shape index (κ3) is 4.42. The van der Waals surface area contributed by atoms with E-state index in [1.54, 1.807) is 43.1 Å². The second-order valence-electron chi connectivity index (χ2n) is 6.65. The fraction of sp³-hybridized carbons (Fsp3) is 0.286. The zero-order valence-electron chi connectivity index (χ0n) is 16.5. The molecule has 0 spiro atoms. The Morgan fingerprint density at radius 3 is 2.62 bits per heavy atom. The van der Waals surface area contributed by atoms with E-state index < -0.39 is 0 Å². The lowest BCUT2D eigenvalue weighted by atomic mass is 10.0. The summed E-state index contributed by atoms with van der Waals surface area (Å²) in [6.45, 7) is 4.42. The van der Waals surface area contributed by atoms with Gasteiger partial charge in [0.25, 0.3) is 5.91 Å². The van der Waals surface area contributed by atoms with Crippen LogP contribution in [0.3, 0.4) is 0 Å². The maximum absolute atomic E-state index is 12.6. The summed E-state index contributed by atoms with van der Waals surface area (Å²) in [6.07, 6.45) is 0. The number of ketones is 1. The molecule has 0 bridgehead atoms. The molecule has 0 aromatic heterocycles. The summed E-state index contributed by atoms with van der Waals surface area (Å²) in [6, 6.07) is 8.14. The minimum absolute atomic E-state index is 0. The van der Waals surface area contributed by atoms with Gasteiger partial charge < -0.3 is 20.1 Å². The number of phenolic OH excluding ortho intramolecular Hbond substituents is 1. The minimum Gasteiger partial charge on any atom is -0.508 e. The molecular formula is C21H24BrN3O4. The number of amidine groups is 1. The Morgan fingerprint density at radius 2 is 2.00 bits per heavy atom. The van der Waals surface area contributed by atoms with Gasteiger partial charge >= 0.3 is 0 Å². The molecule has 0 aliphatic carbocycles. The van der Waals surface area contributed by atoms with Gasteiger partial charge in [0.05, 0.1) is 18.7 Å². The van der Waals surface area contributed by atoms with Crippen molar-refractivity contribution in [2.45, 2.75) is 20.4 Å². The highest BCUT2D eigenvalue weighted by molar-refractivity contribution is 8.93. The van der Waals surface area contributed by atoms with E-state index >= 15 is 0 Å². The van der Waals surface area contributed by atoms with E-state index in [0.717, 1.165) is 5.56 Å².